The van der Waals surface area contributed by atoms with Gasteiger partial charge in [-0.15, -0.1) is 11.6 Å². The van der Waals surface area contributed by atoms with Gasteiger partial charge in [-0.2, -0.15) is 0 Å². The second-order valence-corrected chi connectivity index (χ2v) is 4.25. The predicted octanol–water partition coefficient (Wildman–Crippen LogP) is 3.59. The van der Waals surface area contributed by atoms with Gasteiger partial charge in [-0.3, -0.25) is 0 Å². The van der Waals surface area contributed by atoms with Gasteiger partial charge in [0.25, 0.3) is 0 Å². The third-order valence-electron chi connectivity index (χ3n) is 2.68. The molecule has 0 heterocycles. The number of nitrogens with zero attached hydrogens (tertiary/aromatic N) is 1. The molecule has 0 atom stereocenters. The highest BCUT2D eigenvalue weighted by atomic mass is 35.5. The number of benzene rings is 2. The van der Waals surface area contributed by atoms with Crippen LogP contribution in [0, 0.1) is 0 Å². The van der Waals surface area contributed by atoms with Crippen molar-refractivity contribution in [2.45, 2.75) is 0 Å². The molecule has 0 spiro atoms. The fourth-order valence-corrected chi connectivity index (χ4v) is 1.86. The van der Waals surface area contributed by atoms with E-state index in [9.17, 15) is 0 Å². The Morgan fingerprint density at radius 1 is 1.21 bits per heavy atom. The van der Waals surface area contributed by atoms with Gasteiger partial charge >= 0.3 is 0 Å². The van der Waals surface area contributed by atoms with Crippen LogP contribution in [0.1, 0.15) is 0 Å². The number of ether oxygens (including phenoxy) is 1. The van der Waals surface area contributed by atoms with E-state index >= 15 is 0 Å². The summed E-state index contributed by atoms with van der Waals surface area (Å²) in [5.41, 5.74) is 8.46. The average Bonchev–Trinajstić information content (AvgIpc) is 2.48. The number of amidine groups is 1. The topological polar surface area (TPSA) is 47.6 Å². The molecule has 0 saturated carbocycles. The predicted molar refractivity (Wildman–Crippen MR) is 80.4 cm³/mol. The van der Waals surface area contributed by atoms with Gasteiger partial charge in [0.05, 0.1) is 18.7 Å². The summed E-state index contributed by atoms with van der Waals surface area (Å²) >= 11 is 5.64. The molecule has 2 aromatic rings. The molecule has 3 nitrogen and oxygen atoms in total. The number of alkyl halides is 1. The quantitative estimate of drug-likeness (QED) is 0.526. The van der Waals surface area contributed by atoms with Gasteiger partial charge in [-0.1, -0.05) is 30.3 Å². The van der Waals surface area contributed by atoms with Crippen molar-refractivity contribution in [1.82, 2.24) is 0 Å². The largest absolute Gasteiger partial charge is 0.496 e. The Labute approximate surface area is 117 Å². The number of hydrogen-bond donors (Lipinski definition) is 1. The van der Waals surface area contributed by atoms with Gasteiger partial charge in [0.1, 0.15) is 11.6 Å². The minimum absolute atomic E-state index is 0.215. The Balaban J connectivity index is 2.49. The Morgan fingerprint density at radius 3 is 2.58 bits per heavy atom. The van der Waals surface area contributed by atoms with E-state index in [-0.39, 0.29) is 5.88 Å². The van der Waals surface area contributed by atoms with Crippen molar-refractivity contribution >= 4 is 23.1 Å². The van der Waals surface area contributed by atoms with E-state index < -0.39 is 0 Å². The summed E-state index contributed by atoms with van der Waals surface area (Å²) in [5.74, 6) is 1.41. The van der Waals surface area contributed by atoms with E-state index in [1.54, 1.807) is 7.11 Å². The van der Waals surface area contributed by atoms with Crippen LogP contribution >= 0.6 is 11.6 Å². The van der Waals surface area contributed by atoms with E-state index in [1.807, 2.05) is 48.5 Å². The van der Waals surface area contributed by atoms with Crippen molar-refractivity contribution in [3.63, 3.8) is 0 Å². The van der Waals surface area contributed by atoms with Crippen molar-refractivity contribution < 1.29 is 4.74 Å². The molecule has 98 valence electrons. The highest BCUT2D eigenvalue weighted by molar-refractivity contribution is 6.28. The molecule has 19 heavy (non-hydrogen) atoms. The number of nitrogens with two attached hydrogens (primary N) is 1. The summed E-state index contributed by atoms with van der Waals surface area (Å²) in [6.07, 6.45) is 0. The smallest absolute Gasteiger partial charge is 0.126 e. The molecule has 0 radical (unpaired) electrons. The Morgan fingerprint density at radius 2 is 1.95 bits per heavy atom. The van der Waals surface area contributed by atoms with Crippen LogP contribution in [0.5, 0.6) is 5.75 Å². The van der Waals surface area contributed by atoms with Gasteiger partial charge in [-0.25, -0.2) is 4.99 Å². The highest BCUT2D eigenvalue weighted by Crippen LogP contribution is 2.33. The molecule has 0 unspecified atom stereocenters. The van der Waals surface area contributed by atoms with Gasteiger partial charge in [-0.05, 0) is 23.8 Å². The molecule has 2 rings (SSSR count). The minimum atomic E-state index is 0.215. The zero-order valence-electron chi connectivity index (χ0n) is 10.6. The SMILES string of the molecule is COc1ccc(N=C(N)CCl)cc1-c1ccccc1. The normalized spacial score (nSPS) is 11.4. The molecule has 2 aromatic carbocycles. The summed E-state index contributed by atoms with van der Waals surface area (Å²) in [5, 5.41) is 0. The first-order valence-corrected chi connectivity index (χ1v) is 6.40. The van der Waals surface area contributed by atoms with Crippen LogP contribution in [0.4, 0.5) is 5.69 Å². The molecular weight excluding hydrogens is 260 g/mol. The van der Waals surface area contributed by atoms with E-state index in [1.165, 1.54) is 0 Å². The molecule has 4 heteroatoms. The van der Waals surface area contributed by atoms with Crippen molar-refractivity contribution in [3.8, 4) is 16.9 Å². The van der Waals surface area contributed by atoms with Gasteiger partial charge in [0.15, 0.2) is 0 Å². The van der Waals surface area contributed by atoms with Crippen LogP contribution in [-0.4, -0.2) is 18.8 Å². The van der Waals surface area contributed by atoms with Crippen molar-refractivity contribution in [2.24, 2.45) is 10.7 Å². The van der Waals surface area contributed by atoms with Gasteiger partial charge < -0.3 is 10.5 Å². The highest BCUT2D eigenvalue weighted by Gasteiger charge is 2.06. The number of rotatable bonds is 4. The van der Waals surface area contributed by atoms with E-state index in [0.717, 1.165) is 22.6 Å². The third-order valence-corrected chi connectivity index (χ3v) is 2.95. The maximum absolute atomic E-state index is 5.65. The first-order chi connectivity index (χ1) is 9.24. The second kappa shape index (κ2) is 6.25. The van der Waals surface area contributed by atoms with Crippen LogP contribution < -0.4 is 10.5 Å². The molecule has 0 aliphatic carbocycles. The van der Waals surface area contributed by atoms with Crippen molar-refractivity contribution in [3.05, 3.63) is 48.5 Å². The molecule has 0 bridgehead atoms. The maximum atomic E-state index is 5.65. The fraction of sp³-hybridized carbons (Fsp3) is 0.133. The number of hydrogen-bond acceptors (Lipinski definition) is 2. The maximum Gasteiger partial charge on any atom is 0.126 e. The van der Waals surface area contributed by atoms with E-state index in [0.29, 0.717) is 5.84 Å². The Hall–Kier alpha value is -2.00. The number of methoxy groups -OCH3 is 1. The summed E-state index contributed by atoms with van der Waals surface area (Å²) < 4.78 is 5.38. The van der Waals surface area contributed by atoms with Gasteiger partial charge in [0.2, 0.25) is 0 Å². The average molecular weight is 275 g/mol. The van der Waals surface area contributed by atoms with Crippen molar-refractivity contribution in [2.75, 3.05) is 13.0 Å². The van der Waals surface area contributed by atoms with E-state index in [2.05, 4.69) is 4.99 Å². The number of halogens is 1. The van der Waals surface area contributed by atoms with Crippen LogP contribution in [0.3, 0.4) is 0 Å². The lowest BCUT2D eigenvalue weighted by Crippen LogP contribution is -2.12. The second-order valence-electron chi connectivity index (χ2n) is 3.99. The summed E-state index contributed by atoms with van der Waals surface area (Å²) in [7, 11) is 1.65. The molecule has 2 N–H and O–H groups in total. The lowest BCUT2D eigenvalue weighted by Gasteiger charge is -2.09. The number of aliphatic imine (C=N–C) groups is 1. The summed E-state index contributed by atoms with van der Waals surface area (Å²) in [6.45, 7) is 0. The molecule has 0 aliphatic heterocycles. The zero-order chi connectivity index (χ0) is 13.7. The molecular formula is C15H15ClN2O. The van der Waals surface area contributed by atoms with Crippen molar-refractivity contribution in [1.29, 1.82) is 0 Å². The summed E-state index contributed by atoms with van der Waals surface area (Å²) in [4.78, 5) is 4.25. The third kappa shape index (κ3) is 3.26. The first-order valence-electron chi connectivity index (χ1n) is 5.87. The lowest BCUT2D eigenvalue weighted by atomic mass is 10.0. The molecule has 0 amide bonds. The fourth-order valence-electron chi connectivity index (χ4n) is 1.80. The summed E-state index contributed by atoms with van der Waals surface area (Å²) in [6, 6.07) is 15.7. The van der Waals surface area contributed by atoms with Gasteiger partial charge in [0, 0.05) is 5.56 Å². The molecule has 0 aliphatic rings. The molecule has 0 fully saturated rings. The zero-order valence-corrected chi connectivity index (χ0v) is 11.4. The Kier molecular flexibility index (Phi) is 4.42. The molecule has 0 saturated heterocycles. The lowest BCUT2D eigenvalue weighted by molar-refractivity contribution is 0.416. The Bertz CT molecular complexity index is 582. The molecule has 0 aromatic heterocycles. The van der Waals surface area contributed by atoms with Crippen LogP contribution in [0.25, 0.3) is 11.1 Å². The minimum Gasteiger partial charge on any atom is -0.496 e. The monoisotopic (exact) mass is 274 g/mol. The van der Waals surface area contributed by atoms with Crippen LogP contribution in [-0.2, 0) is 0 Å². The standard InChI is InChI=1S/C15H15ClN2O/c1-19-14-8-7-12(18-15(17)10-16)9-13(14)11-5-3-2-4-6-11/h2-9H,10H2,1H3,(H2,17,18). The first kappa shape index (κ1) is 13.4. The van der Waals surface area contributed by atoms with Crippen LogP contribution in [0.15, 0.2) is 53.5 Å². The van der Waals surface area contributed by atoms with E-state index in [4.69, 9.17) is 22.1 Å². The van der Waals surface area contributed by atoms with Crippen LogP contribution in [0.2, 0.25) is 0 Å².